The summed E-state index contributed by atoms with van der Waals surface area (Å²) in [5.41, 5.74) is 1.18. The molecule has 1 aliphatic heterocycles. The van der Waals surface area contributed by atoms with Gasteiger partial charge in [0.2, 0.25) is 0 Å². The number of aliphatic imine (C=N–C) groups is 1. The summed E-state index contributed by atoms with van der Waals surface area (Å²) < 4.78 is 11.1. The van der Waals surface area contributed by atoms with E-state index in [0.29, 0.717) is 12.5 Å². The highest BCUT2D eigenvalue weighted by Gasteiger charge is 2.24. The number of guanidine groups is 1. The van der Waals surface area contributed by atoms with Crippen LogP contribution in [-0.2, 0) is 4.74 Å². The van der Waals surface area contributed by atoms with Gasteiger partial charge in [0.05, 0.1) is 13.2 Å². The molecule has 0 aromatic heterocycles. The van der Waals surface area contributed by atoms with Gasteiger partial charge in [0.1, 0.15) is 5.75 Å². The second-order valence-electron chi connectivity index (χ2n) is 6.00. The zero-order valence-corrected chi connectivity index (χ0v) is 14.5. The summed E-state index contributed by atoms with van der Waals surface area (Å²) in [5, 5.41) is 3.43. The van der Waals surface area contributed by atoms with Crippen LogP contribution in [0.4, 0.5) is 0 Å². The van der Waals surface area contributed by atoms with E-state index in [0.717, 1.165) is 44.4 Å². The van der Waals surface area contributed by atoms with Crippen molar-refractivity contribution in [2.45, 2.75) is 19.8 Å². The normalized spacial score (nSPS) is 18.3. The molecule has 0 spiro atoms. The molecule has 0 aliphatic carbocycles. The van der Waals surface area contributed by atoms with Crippen LogP contribution in [0.1, 0.15) is 18.4 Å². The van der Waals surface area contributed by atoms with Crippen molar-refractivity contribution < 1.29 is 9.47 Å². The van der Waals surface area contributed by atoms with E-state index in [1.807, 2.05) is 25.2 Å². The Hall–Kier alpha value is -1.75. The van der Waals surface area contributed by atoms with Crippen LogP contribution >= 0.6 is 0 Å². The van der Waals surface area contributed by atoms with E-state index in [9.17, 15) is 0 Å². The van der Waals surface area contributed by atoms with E-state index in [-0.39, 0.29) is 0 Å². The molecule has 0 saturated carbocycles. The summed E-state index contributed by atoms with van der Waals surface area (Å²) >= 11 is 0. The number of hydrogen-bond donors (Lipinski definition) is 1. The zero-order valence-electron chi connectivity index (χ0n) is 14.5. The van der Waals surface area contributed by atoms with Gasteiger partial charge >= 0.3 is 0 Å². The number of ether oxygens (including phenoxy) is 2. The Morgan fingerprint density at radius 1 is 1.39 bits per heavy atom. The van der Waals surface area contributed by atoms with Crippen LogP contribution in [0.2, 0.25) is 0 Å². The standard InChI is InChI=1S/C18H29N3O2/c1-15-7-4-5-8-17(15)23-12-6-10-20-18(19-2)21-11-9-16(13-21)14-22-3/h4-5,7-8,16H,6,9-14H2,1-3H3,(H,19,20). The predicted octanol–water partition coefficient (Wildman–Crippen LogP) is 2.31. The first-order valence-corrected chi connectivity index (χ1v) is 8.37. The summed E-state index contributed by atoms with van der Waals surface area (Å²) in [7, 11) is 3.61. The first-order valence-electron chi connectivity index (χ1n) is 8.37. The summed E-state index contributed by atoms with van der Waals surface area (Å²) in [4.78, 5) is 6.70. The van der Waals surface area contributed by atoms with Crippen molar-refractivity contribution in [3.05, 3.63) is 29.8 Å². The van der Waals surface area contributed by atoms with Gasteiger partial charge in [-0.2, -0.15) is 0 Å². The number of para-hydroxylation sites is 1. The molecule has 0 amide bonds. The topological polar surface area (TPSA) is 46.1 Å². The molecule has 1 saturated heterocycles. The molecule has 1 unspecified atom stereocenters. The molecule has 1 heterocycles. The molecule has 1 aliphatic rings. The van der Waals surface area contributed by atoms with Crippen LogP contribution in [0.15, 0.2) is 29.3 Å². The molecule has 0 radical (unpaired) electrons. The van der Waals surface area contributed by atoms with E-state index in [1.165, 1.54) is 12.0 Å². The molecule has 128 valence electrons. The Morgan fingerprint density at radius 2 is 2.22 bits per heavy atom. The molecular formula is C18H29N3O2. The number of benzene rings is 1. The van der Waals surface area contributed by atoms with E-state index >= 15 is 0 Å². The Balaban J connectivity index is 1.66. The first kappa shape index (κ1) is 17.6. The van der Waals surface area contributed by atoms with Crippen molar-refractivity contribution >= 4 is 5.96 Å². The number of rotatable bonds is 7. The average molecular weight is 319 g/mol. The number of nitrogens with one attached hydrogen (secondary N) is 1. The number of aryl methyl sites for hydroxylation is 1. The molecule has 5 nitrogen and oxygen atoms in total. The van der Waals surface area contributed by atoms with Crippen molar-refractivity contribution in [3.8, 4) is 5.75 Å². The second-order valence-corrected chi connectivity index (χ2v) is 6.00. The molecule has 1 N–H and O–H groups in total. The number of hydrogen-bond acceptors (Lipinski definition) is 3. The molecule has 2 rings (SSSR count). The molecular weight excluding hydrogens is 290 g/mol. The fourth-order valence-corrected chi connectivity index (χ4v) is 2.90. The van der Waals surface area contributed by atoms with Crippen LogP contribution in [0.5, 0.6) is 5.75 Å². The number of nitrogens with zero attached hydrogens (tertiary/aromatic N) is 2. The third kappa shape index (κ3) is 5.43. The minimum absolute atomic E-state index is 0.614. The van der Waals surface area contributed by atoms with Crippen molar-refractivity contribution in [3.63, 3.8) is 0 Å². The van der Waals surface area contributed by atoms with Gasteiger partial charge in [-0.3, -0.25) is 4.99 Å². The van der Waals surface area contributed by atoms with E-state index in [2.05, 4.69) is 28.2 Å². The minimum Gasteiger partial charge on any atom is -0.493 e. The molecule has 1 fully saturated rings. The lowest BCUT2D eigenvalue weighted by molar-refractivity contribution is 0.157. The van der Waals surface area contributed by atoms with Crippen LogP contribution in [0, 0.1) is 12.8 Å². The monoisotopic (exact) mass is 319 g/mol. The van der Waals surface area contributed by atoms with E-state index < -0.39 is 0 Å². The van der Waals surface area contributed by atoms with Crippen molar-refractivity contribution in [2.75, 3.05) is 47.0 Å². The van der Waals surface area contributed by atoms with Gasteiger partial charge in [0.15, 0.2) is 5.96 Å². The van der Waals surface area contributed by atoms with Gasteiger partial charge in [0.25, 0.3) is 0 Å². The lowest BCUT2D eigenvalue weighted by Gasteiger charge is -2.21. The highest BCUT2D eigenvalue weighted by Crippen LogP contribution is 2.17. The SMILES string of the molecule is CN=C(NCCCOc1ccccc1C)N1CCC(COC)C1. The third-order valence-electron chi connectivity index (χ3n) is 4.15. The predicted molar refractivity (Wildman–Crippen MR) is 94.2 cm³/mol. The second kappa shape index (κ2) is 9.40. The molecule has 1 aromatic carbocycles. The maximum absolute atomic E-state index is 5.82. The molecule has 0 bridgehead atoms. The molecule has 1 aromatic rings. The Morgan fingerprint density at radius 3 is 2.96 bits per heavy atom. The molecule has 23 heavy (non-hydrogen) atoms. The number of likely N-dealkylation sites (tertiary alicyclic amines) is 1. The van der Waals surface area contributed by atoms with E-state index in [4.69, 9.17) is 9.47 Å². The largest absolute Gasteiger partial charge is 0.493 e. The Bertz CT molecular complexity index is 505. The van der Waals surface area contributed by atoms with Crippen LogP contribution in [0.25, 0.3) is 0 Å². The lowest BCUT2D eigenvalue weighted by atomic mass is 10.1. The molecule has 1 atom stereocenters. The summed E-state index contributed by atoms with van der Waals surface area (Å²) in [6.07, 6.45) is 2.12. The summed E-state index contributed by atoms with van der Waals surface area (Å²) in [6, 6.07) is 8.12. The Kier molecular flexibility index (Phi) is 7.20. The molecule has 5 heteroatoms. The van der Waals surface area contributed by atoms with Crippen molar-refractivity contribution in [1.82, 2.24) is 10.2 Å². The smallest absolute Gasteiger partial charge is 0.193 e. The van der Waals surface area contributed by atoms with Gasteiger partial charge < -0.3 is 19.7 Å². The van der Waals surface area contributed by atoms with Crippen molar-refractivity contribution in [1.29, 1.82) is 0 Å². The summed E-state index contributed by atoms with van der Waals surface area (Å²) in [6.45, 7) is 6.54. The van der Waals surface area contributed by atoms with Gasteiger partial charge in [-0.1, -0.05) is 18.2 Å². The van der Waals surface area contributed by atoms with Gasteiger partial charge in [-0.05, 0) is 31.4 Å². The lowest BCUT2D eigenvalue weighted by Crippen LogP contribution is -2.40. The number of methoxy groups -OCH3 is 1. The highest BCUT2D eigenvalue weighted by atomic mass is 16.5. The fourth-order valence-electron chi connectivity index (χ4n) is 2.90. The quantitative estimate of drug-likeness (QED) is 0.476. The fraction of sp³-hybridized carbons (Fsp3) is 0.611. The van der Waals surface area contributed by atoms with Crippen molar-refractivity contribution in [2.24, 2.45) is 10.9 Å². The van der Waals surface area contributed by atoms with Gasteiger partial charge in [-0.15, -0.1) is 0 Å². The van der Waals surface area contributed by atoms with Crippen LogP contribution < -0.4 is 10.1 Å². The highest BCUT2D eigenvalue weighted by molar-refractivity contribution is 5.80. The third-order valence-corrected chi connectivity index (χ3v) is 4.15. The van der Waals surface area contributed by atoms with Gasteiger partial charge in [-0.25, -0.2) is 0 Å². The first-order chi connectivity index (χ1) is 11.2. The Labute approximate surface area is 139 Å². The zero-order chi connectivity index (χ0) is 16.5. The van der Waals surface area contributed by atoms with E-state index in [1.54, 1.807) is 7.11 Å². The minimum atomic E-state index is 0.614. The average Bonchev–Trinajstić information content (AvgIpc) is 3.01. The maximum Gasteiger partial charge on any atom is 0.193 e. The van der Waals surface area contributed by atoms with Crippen LogP contribution in [-0.4, -0.2) is 57.9 Å². The maximum atomic E-state index is 5.82. The summed E-state index contributed by atoms with van der Waals surface area (Å²) in [5.74, 6) is 2.57. The van der Waals surface area contributed by atoms with Gasteiger partial charge in [0, 0.05) is 39.7 Å². The van der Waals surface area contributed by atoms with Crippen LogP contribution in [0.3, 0.4) is 0 Å².